The smallest absolute Gasteiger partial charge is 0.225 e. The molecule has 0 saturated heterocycles. The van der Waals surface area contributed by atoms with E-state index in [0.717, 1.165) is 5.56 Å². The van der Waals surface area contributed by atoms with Gasteiger partial charge < -0.3 is 5.32 Å². The van der Waals surface area contributed by atoms with Crippen molar-refractivity contribution >= 4 is 5.91 Å². The third kappa shape index (κ3) is 3.62. The van der Waals surface area contributed by atoms with Crippen molar-refractivity contribution in [1.82, 2.24) is 25.5 Å². The average Bonchev–Trinajstić information content (AvgIpc) is 3.08. The summed E-state index contributed by atoms with van der Waals surface area (Å²) in [6, 6.07) is 9.45. The number of nitrogens with zero attached hydrogens (tertiary/aromatic N) is 3. The zero-order valence-corrected chi connectivity index (χ0v) is 13.0. The fourth-order valence-corrected chi connectivity index (χ4v) is 2.27. The molecule has 0 bridgehead atoms. The summed E-state index contributed by atoms with van der Waals surface area (Å²) in [4.78, 5) is 20.4. The molecule has 0 unspecified atom stereocenters. The number of aromatic nitrogens is 4. The summed E-state index contributed by atoms with van der Waals surface area (Å²) in [5.74, 6) is 0.390. The molecule has 7 heteroatoms. The summed E-state index contributed by atoms with van der Waals surface area (Å²) < 4.78 is 13.6. The Kier molecular flexibility index (Phi) is 4.60. The first-order chi connectivity index (χ1) is 11.6. The second-order valence-corrected chi connectivity index (χ2v) is 5.34. The van der Waals surface area contributed by atoms with E-state index in [1.54, 1.807) is 49.6 Å². The molecule has 0 radical (unpaired) electrons. The molecule has 0 saturated carbocycles. The van der Waals surface area contributed by atoms with Gasteiger partial charge in [-0.05, 0) is 30.7 Å². The van der Waals surface area contributed by atoms with Gasteiger partial charge >= 0.3 is 0 Å². The van der Waals surface area contributed by atoms with Crippen LogP contribution in [-0.2, 0) is 11.2 Å². The minimum absolute atomic E-state index is 0.0254. The predicted molar refractivity (Wildman–Crippen MR) is 86.3 cm³/mol. The molecule has 6 nitrogen and oxygen atoms in total. The van der Waals surface area contributed by atoms with E-state index in [-0.39, 0.29) is 24.2 Å². The van der Waals surface area contributed by atoms with Crippen LogP contribution >= 0.6 is 0 Å². The van der Waals surface area contributed by atoms with Crippen molar-refractivity contribution in [3.05, 3.63) is 66.0 Å². The first kappa shape index (κ1) is 15.8. The van der Waals surface area contributed by atoms with Crippen LogP contribution in [0.4, 0.5) is 4.39 Å². The highest BCUT2D eigenvalue weighted by Crippen LogP contribution is 2.16. The van der Waals surface area contributed by atoms with E-state index < -0.39 is 0 Å². The summed E-state index contributed by atoms with van der Waals surface area (Å²) in [5, 5.41) is 9.74. The predicted octanol–water partition coefficient (Wildman–Crippen LogP) is 2.43. The Morgan fingerprint density at radius 2 is 2.00 bits per heavy atom. The molecule has 0 aliphatic heterocycles. The summed E-state index contributed by atoms with van der Waals surface area (Å²) in [6.07, 6.45) is 3.29. The van der Waals surface area contributed by atoms with Gasteiger partial charge in [0.2, 0.25) is 5.91 Å². The minimum Gasteiger partial charge on any atom is -0.346 e. The third-order valence-electron chi connectivity index (χ3n) is 3.54. The number of carbonyl (C=O) groups excluding carboxylic acids is 1. The van der Waals surface area contributed by atoms with E-state index in [9.17, 15) is 9.18 Å². The molecule has 3 rings (SSSR count). The molecule has 1 atom stereocenters. The Bertz CT molecular complexity index is 834. The van der Waals surface area contributed by atoms with Gasteiger partial charge in [-0.25, -0.2) is 9.37 Å². The van der Waals surface area contributed by atoms with Gasteiger partial charge in [-0.3, -0.25) is 14.9 Å². The lowest BCUT2D eigenvalue weighted by Crippen LogP contribution is -2.29. The molecule has 3 aromatic rings. The molecule has 0 aliphatic carbocycles. The maximum atomic E-state index is 13.6. The Hall–Kier alpha value is -3.09. The van der Waals surface area contributed by atoms with Crippen LogP contribution in [0.1, 0.15) is 24.4 Å². The standard InChI is InChI=1S/C17H16FN5O/c1-11(20-15(24)10-13-4-2-3-5-14(13)18)16-21-17(23-22-16)12-6-8-19-9-7-12/h2-9,11H,10H2,1H3,(H,20,24)(H,21,22,23)/t11-/m0/s1. The van der Waals surface area contributed by atoms with Gasteiger partial charge in [-0.2, -0.15) is 5.10 Å². The van der Waals surface area contributed by atoms with Crippen molar-refractivity contribution in [2.24, 2.45) is 0 Å². The highest BCUT2D eigenvalue weighted by atomic mass is 19.1. The molecule has 122 valence electrons. The number of nitrogens with one attached hydrogen (secondary N) is 2. The molecule has 0 fully saturated rings. The van der Waals surface area contributed by atoms with Crippen molar-refractivity contribution in [2.75, 3.05) is 0 Å². The summed E-state index contributed by atoms with van der Waals surface area (Å²) in [5.41, 5.74) is 1.19. The van der Waals surface area contributed by atoms with Gasteiger partial charge in [-0.15, -0.1) is 0 Å². The fraction of sp³-hybridized carbons (Fsp3) is 0.176. The fourth-order valence-electron chi connectivity index (χ4n) is 2.27. The van der Waals surface area contributed by atoms with Gasteiger partial charge in [0, 0.05) is 18.0 Å². The van der Waals surface area contributed by atoms with Gasteiger partial charge in [0.1, 0.15) is 11.6 Å². The monoisotopic (exact) mass is 325 g/mol. The number of carbonyl (C=O) groups is 1. The van der Waals surface area contributed by atoms with Crippen LogP contribution in [0.15, 0.2) is 48.8 Å². The summed E-state index contributed by atoms with van der Waals surface area (Å²) in [6.45, 7) is 1.79. The van der Waals surface area contributed by atoms with E-state index >= 15 is 0 Å². The van der Waals surface area contributed by atoms with Crippen LogP contribution in [0.25, 0.3) is 11.4 Å². The highest BCUT2D eigenvalue weighted by Gasteiger charge is 2.16. The van der Waals surface area contributed by atoms with Crippen LogP contribution in [-0.4, -0.2) is 26.1 Å². The molecule has 0 spiro atoms. The first-order valence-electron chi connectivity index (χ1n) is 7.49. The second-order valence-electron chi connectivity index (χ2n) is 5.34. The SMILES string of the molecule is C[C@H](NC(=O)Cc1ccccc1F)c1nc(-c2ccncc2)n[nH]1. The Morgan fingerprint density at radius 1 is 1.25 bits per heavy atom. The molecule has 1 aromatic carbocycles. The van der Waals surface area contributed by atoms with Crippen molar-refractivity contribution in [3.63, 3.8) is 0 Å². The number of hydrogen-bond acceptors (Lipinski definition) is 4. The van der Waals surface area contributed by atoms with E-state index in [4.69, 9.17) is 0 Å². The first-order valence-corrected chi connectivity index (χ1v) is 7.49. The average molecular weight is 325 g/mol. The Balaban J connectivity index is 1.65. The number of halogens is 1. The molecular formula is C17H16FN5O. The number of benzene rings is 1. The highest BCUT2D eigenvalue weighted by molar-refractivity contribution is 5.78. The lowest BCUT2D eigenvalue weighted by atomic mass is 10.1. The minimum atomic E-state index is -0.389. The number of H-pyrrole nitrogens is 1. The zero-order valence-electron chi connectivity index (χ0n) is 13.0. The Labute approximate surface area is 138 Å². The zero-order chi connectivity index (χ0) is 16.9. The van der Waals surface area contributed by atoms with E-state index in [0.29, 0.717) is 17.2 Å². The second kappa shape index (κ2) is 6.99. The van der Waals surface area contributed by atoms with Crippen molar-refractivity contribution in [1.29, 1.82) is 0 Å². The molecule has 2 N–H and O–H groups in total. The number of amides is 1. The number of rotatable bonds is 5. The summed E-state index contributed by atoms with van der Waals surface area (Å²) in [7, 11) is 0. The van der Waals surface area contributed by atoms with Crippen LogP contribution in [0.2, 0.25) is 0 Å². The lowest BCUT2D eigenvalue weighted by Gasteiger charge is -2.11. The van der Waals surface area contributed by atoms with Gasteiger partial charge in [-0.1, -0.05) is 18.2 Å². The van der Waals surface area contributed by atoms with E-state index in [2.05, 4.69) is 25.5 Å². The van der Waals surface area contributed by atoms with E-state index in [1.807, 2.05) is 0 Å². The quantitative estimate of drug-likeness (QED) is 0.754. The normalized spacial score (nSPS) is 11.9. The van der Waals surface area contributed by atoms with Gasteiger partial charge in [0.15, 0.2) is 5.82 Å². The van der Waals surface area contributed by atoms with Gasteiger partial charge in [0.25, 0.3) is 0 Å². The summed E-state index contributed by atoms with van der Waals surface area (Å²) >= 11 is 0. The maximum Gasteiger partial charge on any atom is 0.225 e. The molecule has 24 heavy (non-hydrogen) atoms. The van der Waals surface area contributed by atoms with E-state index in [1.165, 1.54) is 6.07 Å². The largest absolute Gasteiger partial charge is 0.346 e. The number of hydrogen-bond donors (Lipinski definition) is 2. The van der Waals surface area contributed by atoms with Crippen LogP contribution in [0.5, 0.6) is 0 Å². The maximum absolute atomic E-state index is 13.6. The van der Waals surface area contributed by atoms with Crippen LogP contribution < -0.4 is 5.32 Å². The topological polar surface area (TPSA) is 83.6 Å². The molecule has 0 aliphatic rings. The molecule has 2 heterocycles. The van der Waals surface area contributed by atoms with Crippen molar-refractivity contribution < 1.29 is 9.18 Å². The van der Waals surface area contributed by atoms with Crippen LogP contribution in [0.3, 0.4) is 0 Å². The lowest BCUT2D eigenvalue weighted by molar-refractivity contribution is -0.121. The third-order valence-corrected chi connectivity index (χ3v) is 3.54. The van der Waals surface area contributed by atoms with Crippen molar-refractivity contribution in [3.8, 4) is 11.4 Å². The number of aromatic amines is 1. The number of pyridine rings is 1. The Morgan fingerprint density at radius 3 is 2.75 bits per heavy atom. The molecule has 2 aromatic heterocycles. The molecular weight excluding hydrogens is 309 g/mol. The van der Waals surface area contributed by atoms with Crippen LogP contribution in [0, 0.1) is 5.82 Å². The van der Waals surface area contributed by atoms with Gasteiger partial charge in [0.05, 0.1) is 12.5 Å². The molecule has 1 amide bonds. The van der Waals surface area contributed by atoms with Crippen molar-refractivity contribution in [2.45, 2.75) is 19.4 Å².